The SMILES string of the molecule is N#Cc1c(-c2ccc(Cl)cc2)c2c(N3CCCCC3)cc(N)nc2c2ccccc12. The molecule has 0 radical (unpaired) electrons. The van der Waals surface area contributed by atoms with Gasteiger partial charge in [-0.3, -0.25) is 0 Å². The molecule has 1 aliphatic rings. The van der Waals surface area contributed by atoms with Crippen LogP contribution in [0.15, 0.2) is 54.6 Å². The van der Waals surface area contributed by atoms with Crippen LogP contribution in [0, 0.1) is 11.3 Å². The second kappa shape index (κ2) is 7.51. The summed E-state index contributed by atoms with van der Waals surface area (Å²) in [5, 5.41) is 13.7. The van der Waals surface area contributed by atoms with E-state index in [1.807, 2.05) is 54.6 Å². The van der Waals surface area contributed by atoms with E-state index < -0.39 is 0 Å². The summed E-state index contributed by atoms with van der Waals surface area (Å²) in [6.07, 6.45) is 3.54. The van der Waals surface area contributed by atoms with Gasteiger partial charge in [0.15, 0.2) is 0 Å². The van der Waals surface area contributed by atoms with Crippen molar-refractivity contribution < 1.29 is 0 Å². The number of anilines is 2. The van der Waals surface area contributed by atoms with Crippen molar-refractivity contribution in [2.24, 2.45) is 0 Å². The quantitative estimate of drug-likeness (QED) is 0.401. The maximum atomic E-state index is 10.2. The molecule has 3 aromatic carbocycles. The zero-order valence-corrected chi connectivity index (χ0v) is 17.3. The van der Waals surface area contributed by atoms with Gasteiger partial charge in [0.25, 0.3) is 0 Å². The molecule has 0 saturated carbocycles. The molecule has 30 heavy (non-hydrogen) atoms. The molecule has 1 aromatic heterocycles. The Morgan fingerprint density at radius 3 is 2.37 bits per heavy atom. The Bertz CT molecular complexity index is 1300. The largest absolute Gasteiger partial charge is 0.384 e. The molecule has 0 unspecified atom stereocenters. The highest BCUT2D eigenvalue weighted by Gasteiger charge is 2.23. The summed E-state index contributed by atoms with van der Waals surface area (Å²) >= 11 is 6.16. The lowest BCUT2D eigenvalue weighted by atomic mass is 9.89. The van der Waals surface area contributed by atoms with Crippen molar-refractivity contribution in [1.82, 2.24) is 4.98 Å². The number of fused-ring (bicyclic) bond motifs is 3. The highest BCUT2D eigenvalue weighted by Crippen LogP contribution is 2.43. The molecule has 4 aromatic rings. The van der Waals surface area contributed by atoms with E-state index in [0.717, 1.165) is 64.4 Å². The first-order chi connectivity index (χ1) is 14.7. The zero-order valence-electron chi connectivity index (χ0n) is 16.5. The molecule has 148 valence electrons. The average Bonchev–Trinajstić information content (AvgIpc) is 2.79. The Labute approximate surface area is 180 Å². The Kier molecular flexibility index (Phi) is 4.69. The average molecular weight is 413 g/mol. The molecule has 0 amide bonds. The standard InChI is InChI=1S/C25H21ClN4/c26-17-10-8-16(9-11-17)23-20(15-27)18-6-2-3-7-19(18)25-24(23)21(14-22(28)29-25)30-12-4-1-5-13-30/h2-3,6-11,14H,1,4-5,12-13H2,(H2,28,29). The van der Waals surface area contributed by atoms with Gasteiger partial charge < -0.3 is 10.6 Å². The Morgan fingerprint density at radius 1 is 0.967 bits per heavy atom. The maximum absolute atomic E-state index is 10.2. The molecule has 0 spiro atoms. The van der Waals surface area contributed by atoms with Gasteiger partial charge in [0.2, 0.25) is 0 Å². The molecular weight excluding hydrogens is 392 g/mol. The molecular formula is C25H21ClN4. The summed E-state index contributed by atoms with van der Waals surface area (Å²) < 4.78 is 0. The van der Waals surface area contributed by atoms with Crippen molar-refractivity contribution in [1.29, 1.82) is 5.26 Å². The van der Waals surface area contributed by atoms with Crippen LogP contribution < -0.4 is 10.6 Å². The lowest BCUT2D eigenvalue weighted by molar-refractivity contribution is 0.579. The third-order valence-electron chi connectivity index (χ3n) is 5.91. The van der Waals surface area contributed by atoms with E-state index in [2.05, 4.69) is 11.0 Å². The minimum Gasteiger partial charge on any atom is -0.384 e. The van der Waals surface area contributed by atoms with Crippen LogP contribution in [0.5, 0.6) is 0 Å². The number of pyridine rings is 1. The van der Waals surface area contributed by atoms with Crippen molar-refractivity contribution >= 4 is 44.8 Å². The van der Waals surface area contributed by atoms with Crippen molar-refractivity contribution in [2.45, 2.75) is 19.3 Å². The number of nitrogen functional groups attached to an aromatic ring is 1. The number of benzene rings is 3. The Balaban J connectivity index is 1.98. The van der Waals surface area contributed by atoms with Crippen molar-refractivity contribution in [3.05, 3.63) is 65.2 Å². The maximum Gasteiger partial charge on any atom is 0.126 e. The predicted octanol–water partition coefficient (Wildman–Crippen LogP) is 6.15. The third-order valence-corrected chi connectivity index (χ3v) is 6.16. The molecule has 4 nitrogen and oxygen atoms in total. The lowest BCUT2D eigenvalue weighted by Crippen LogP contribution is -2.29. The van der Waals surface area contributed by atoms with E-state index in [1.54, 1.807) is 0 Å². The van der Waals surface area contributed by atoms with Crippen LogP contribution in [-0.4, -0.2) is 18.1 Å². The molecule has 1 aliphatic heterocycles. The van der Waals surface area contributed by atoms with Crippen LogP contribution in [-0.2, 0) is 0 Å². The molecule has 2 heterocycles. The summed E-state index contributed by atoms with van der Waals surface area (Å²) in [4.78, 5) is 7.14. The van der Waals surface area contributed by atoms with Gasteiger partial charge in [0.1, 0.15) is 11.9 Å². The predicted molar refractivity (Wildman–Crippen MR) is 125 cm³/mol. The molecule has 5 heteroatoms. The van der Waals surface area contributed by atoms with Gasteiger partial charge in [0, 0.05) is 45.9 Å². The van der Waals surface area contributed by atoms with Gasteiger partial charge in [-0.05, 0) is 37.0 Å². The third kappa shape index (κ3) is 3.03. The number of hydrogen-bond acceptors (Lipinski definition) is 4. The first kappa shape index (κ1) is 18.7. The lowest BCUT2D eigenvalue weighted by Gasteiger charge is -2.31. The Hall–Kier alpha value is -3.29. The van der Waals surface area contributed by atoms with E-state index in [0.29, 0.717) is 16.4 Å². The number of aromatic nitrogens is 1. The summed E-state index contributed by atoms with van der Waals surface area (Å²) in [7, 11) is 0. The number of nitriles is 1. The van der Waals surface area contributed by atoms with Gasteiger partial charge in [-0.25, -0.2) is 4.98 Å². The van der Waals surface area contributed by atoms with Crippen LogP contribution in [0.2, 0.25) is 5.02 Å². The van der Waals surface area contributed by atoms with Crippen molar-refractivity contribution in [2.75, 3.05) is 23.7 Å². The second-order valence-corrected chi connectivity index (χ2v) is 8.19. The van der Waals surface area contributed by atoms with E-state index in [1.165, 1.54) is 6.42 Å². The van der Waals surface area contributed by atoms with Crippen LogP contribution >= 0.6 is 11.6 Å². The van der Waals surface area contributed by atoms with Crippen LogP contribution in [0.3, 0.4) is 0 Å². The van der Waals surface area contributed by atoms with Gasteiger partial charge in [-0.2, -0.15) is 5.26 Å². The first-order valence-corrected chi connectivity index (χ1v) is 10.6. The molecule has 1 saturated heterocycles. The van der Waals surface area contributed by atoms with Gasteiger partial charge in [-0.15, -0.1) is 0 Å². The normalized spacial score (nSPS) is 14.2. The van der Waals surface area contributed by atoms with Gasteiger partial charge in [0.05, 0.1) is 16.8 Å². The molecule has 5 rings (SSSR count). The number of halogens is 1. The first-order valence-electron chi connectivity index (χ1n) is 10.2. The topological polar surface area (TPSA) is 65.9 Å². The van der Waals surface area contributed by atoms with Crippen LogP contribution in [0.1, 0.15) is 24.8 Å². The van der Waals surface area contributed by atoms with Gasteiger partial charge >= 0.3 is 0 Å². The summed E-state index contributed by atoms with van der Waals surface area (Å²) in [5.41, 5.74) is 10.7. The molecule has 0 atom stereocenters. The molecule has 0 bridgehead atoms. The van der Waals surface area contributed by atoms with E-state index >= 15 is 0 Å². The fourth-order valence-corrected chi connectivity index (χ4v) is 4.69. The molecule has 1 fully saturated rings. The van der Waals surface area contributed by atoms with Crippen LogP contribution in [0.4, 0.5) is 11.5 Å². The van der Waals surface area contributed by atoms with Crippen molar-refractivity contribution in [3.63, 3.8) is 0 Å². The monoisotopic (exact) mass is 412 g/mol. The minimum atomic E-state index is 0.500. The van der Waals surface area contributed by atoms with Crippen LogP contribution in [0.25, 0.3) is 32.8 Å². The highest BCUT2D eigenvalue weighted by molar-refractivity contribution is 6.30. The number of piperidine rings is 1. The molecule has 2 N–H and O–H groups in total. The van der Waals surface area contributed by atoms with Crippen molar-refractivity contribution in [3.8, 4) is 17.2 Å². The summed E-state index contributed by atoms with van der Waals surface area (Å²) in [6.45, 7) is 1.96. The second-order valence-electron chi connectivity index (χ2n) is 7.75. The Morgan fingerprint density at radius 2 is 1.67 bits per heavy atom. The summed E-state index contributed by atoms with van der Waals surface area (Å²) in [6, 6.07) is 20.1. The number of hydrogen-bond donors (Lipinski definition) is 1. The fourth-order valence-electron chi connectivity index (χ4n) is 4.57. The number of rotatable bonds is 2. The van der Waals surface area contributed by atoms with E-state index in [-0.39, 0.29) is 0 Å². The smallest absolute Gasteiger partial charge is 0.126 e. The minimum absolute atomic E-state index is 0.500. The van der Waals surface area contributed by atoms with E-state index in [4.69, 9.17) is 22.3 Å². The van der Waals surface area contributed by atoms with Gasteiger partial charge in [-0.1, -0.05) is 48.0 Å². The van der Waals surface area contributed by atoms with E-state index in [9.17, 15) is 5.26 Å². The summed E-state index contributed by atoms with van der Waals surface area (Å²) in [5.74, 6) is 0.500. The molecule has 0 aliphatic carbocycles. The number of nitrogens with two attached hydrogens (primary N) is 1. The fraction of sp³-hybridized carbons (Fsp3) is 0.200. The number of nitrogens with zero attached hydrogens (tertiary/aromatic N) is 3. The highest BCUT2D eigenvalue weighted by atomic mass is 35.5. The zero-order chi connectivity index (χ0) is 20.7.